The zero-order valence-electron chi connectivity index (χ0n) is 11.6. The summed E-state index contributed by atoms with van der Waals surface area (Å²) in [5.74, 6) is 0.0513. The van der Waals surface area contributed by atoms with Gasteiger partial charge >= 0.3 is 0 Å². The second-order valence-electron chi connectivity index (χ2n) is 5.08. The Balaban J connectivity index is 2.17. The van der Waals surface area contributed by atoms with E-state index in [0.29, 0.717) is 5.56 Å². The SMILES string of the molecule is Cc1cc(C)cc(C(=O)c2ccnc3ccccc23)c1. The maximum atomic E-state index is 12.7. The molecule has 20 heavy (non-hydrogen) atoms. The Hall–Kier alpha value is -2.48. The fraction of sp³-hybridized carbons (Fsp3) is 0.111. The third-order valence-corrected chi connectivity index (χ3v) is 3.38. The van der Waals surface area contributed by atoms with Gasteiger partial charge in [0.2, 0.25) is 0 Å². The van der Waals surface area contributed by atoms with E-state index < -0.39 is 0 Å². The van der Waals surface area contributed by atoms with E-state index in [0.717, 1.165) is 27.6 Å². The van der Waals surface area contributed by atoms with E-state index in [4.69, 9.17) is 0 Å². The van der Waals surface area contributed by atoms with Crippen LogP contribution in [0, 0.1) is 13.8 Å². The quantitative estimate of drug-likeness (QED) is 0.650. The number of para-hydroxylation sites is 1. The molecular formula is C18H15NO. The van der Waals surface area contributed by atoms with Crippen molar-refractivity contribution in [3.63, 3.8) is 0 Å². The molecule has 0 fully saturated rings. The summed E-state index contributed by atoms with van der Waals surface area (Å²) >= 11 is 0. The number of hydrogen-bond donors (Lipinski definition) is 0. The third-order valence-electron chi connectivity index (χ3n) is 3.38. The molecule has 2 nitrogen and oxygen atoms in total. The first kappa shape index (κ1) is 12.5. The lowest BCUT2D eigenvalue weighted by atomic mass is 9.97. The van der Waals surface area contributed by atoms with E-state index in [1.165, 1.54) is 0 Å². The lowest BCUT2D eigenvalue weighted by molar-refractivity contribution is 0.104. The van der Waals surface area contributed by atoms with Gasteiger partial charge < -0.3 is 0 Å². The highest BCUT2D eigenvalue weighted by Gasteiger charge is 2.13. The minimum absolute atomic E-state index is 0.0513. The van der Waals surface area contributed by atoms with Crippen LogP contribution in [0.15, 0.2) is 54.7 Å². The van der Waals surface area contributed by atoms with Gasteiger partial charge in [-0.05, 0) is 38.1 Å². The molecule has 0 atom stereocenters. The van der Waals surface area contributed by atoms with Crippen molar-refractivity contribution in [1.29, 1.82) is 0 Å². The number of carbonyl (C=O) groups is 1. The van der Waals surface area contributed by atoms with E-state index in [1.54, 1.807) is 12.3 Å². The van der Waals surface area contributed by atoms with Crippen LogP contribution in [-0.2, 0) is 0 Å². The number of pyridine rings is 1. The molecule has 0 unspecified atom stereocenters. The summed E-state index contributed by atoms with van der Waals surface area (Å²) in [6, 6.07) is 15.5. The third kappa shape index (κ3) is 2.21. The van der Waals surface area contributed by atoms with Crippen molar-refractivity contribution < 1.29 is 4.79 Å². The monoisotopic (exact) mass is 261 g/mol. The fourth-order valence-corrected chi connectivity index (χ4v) is 2.56. The highest BCUT2D eigenvalue weighted by Crippen LogP contribution is 2.20. The molecule has 0 aliphatic heterocycles. The van der Waals surface area contributed by atoms with Crippen molar-refractivity contribution in [1.82, 2.24) is 4.98 Å². The molecule has 98 valence electrons. The van der Waals surface area contributed by atoms with E-state index >= 15 is 0 Å². The molecule has 0 aliphatic carbocycles. The van der Waals surface area contributed by atoms with Gasteiger partial charge in [-0.15, -0.1) is 0 Å². The molecule has 0 saturated heterocycles. The minimum atomic E-state index is 0.0513. The summed E-state index contributed by atoms with van der Waals surface area (Å²) < 4.78 is 0. The number of fused-ring (bicyclic) bond motifs is 1. The molecule has 0 radical (unpaired) electrons. The Kier molecular flexibility index (Phi) is 3.07. The molecule has 1 aromatic heterocycles. The lowest BCUT2D eigenvalue weighted by Crippen LogP contribution is -2.03. The Morgan fingerprint density at radius 3 is 2.40 bits per heavy atom. The van der Waals surface area contributed by atoms with Gasteiger partial charge in [0.15, 0.2) is 5.78 Å². The number of rotatable bonds is 2. The summed E-state index contributed by atoms with van der Waals surface area (Å²) in [5.41, 5.74) is 4.50. The second kappa shape index (κ2) is 4.89. The number of ketones is 1. The van der Waals surface area contributed by atoms with Gasteiger partial charge in [-0.2, -0.15) is 0 Å². The predicted octanol–water partition coefficient (Wildman–Crippen LogP) is 4.08. The van der Waals surface area contributed by atoms with Crippen molar-refractivity contribution in [2.24, 2.45) is 0 Å². The summed E-state index contributed by atoms with van der Waals surface area (Å²) in [5, 5.41) is 0.902. The molecule has 3 aromatic rings. The predicted molar refractivity (Wildman–Crippen MR) is 81.1 cm³/mol. The number of hydrogen-bond acceptors (Lipinski definition) is 2. The van der Waals surface area contributed by atoms with Crippen LogP contribution >= 0.6 is 0 Å². The first-order valence-electron chi connectivity index (χ1n) is 6.62. The Morgan fingerprint density at radius 1 is 0.950 bits per heavy atom. The van der Waals surface area contributed by atoms with Crippen LogP contribution in [0.5, 0.6) is 0 Å². The molecule has 2 heteroatoms. The molecule has 0 saturated carbocycles. The zero-order chi connectivity index (χ0) is 14.1. The Morgan fingerprint density at radius 2 is 1.65 bits per heavy atom. The van der Waals surface area contributed by atoms with Crippen molar-refractivity contribution >= 4 is 16.7 Å². The molecule has 0 bridgehead atoms. The van der Waals surface area contributed by atoms with Crippen LogP contribution in [0.1, 0.15) is 27.0 Å². The van der Waals surface area contributed by atoms with Crippen LogP contribution in [0.2, 0.25) is 0 Å². The minimum Gasteiger partial charge on any atom is -0.289 e. The normalized spacial score (nSPS) is 10.7. The maximum Gasteiger partial charge on any atom is 0.193 e. The molecule has 0 spiro atoms. The van der Waals surface area contributed by atoms with E-state index in [9.17, 15) is 4.79 Å². The van der Waals surface area contributed by atoms with E-state index in [-0.39, 0.29) is 5.78 Å². The van der Waals surface area contributed by atoms with Crippen LogP contribution in [-0.4, -0.2) is 10.8 Å². The average Bonchev–Trinajstić information content (AvgIpc) is 2.45. The summed E-state index contributed by atoms with van der Waals surface area (Å²) in [7, 11) is 0. The number of aryl methyl sites for hydroxylation is 2. The van der Waals surface area contributed by atoms with Gasteiger partial charge in [0.1, 0.15) is 0 Å². The molecule has 1 heterocycles. The van der Waals surface area contributed by atoms with Crippen molar-refractivity contribution in [2.45, 2.75) is 13.8 Å². The highest BCUT2D eigenvalue weighted by atomic mass is 16.1. The van der Waals surface area contributed by atoms with Crippen LogP contribution in [0.4, 0.5) is 0 Å². The fourth-order valence-electron chi connectivity index (χ4n) is 2.56. The second-order valence-corrected chi connectivity index (χ2v) is 5.08. The van der Waals surface area contributed by atoms with Gasteiger partial charge in [-0.3, -0.25) is 9.78 Å². The Bertz CT molecular complexity index is 780. The van der Waals surface area contributed by atoms with Crippen LogP contribution in [0.3, 0.4) is 0 Å². The molecule has 0 aliphatic rings. The van der Waals surface area contributed by atoms with Gasteiger partial charge in [0.25, 0.3) is 0 Å². The Labute approximate surface area is 118 Å². The average molecular weight is 261 g/mol. The van der Waals surface area contributed by atoms with Crippen molar-refractivity contribution in [3.8, 4) is 0 Å². The van der Waals surface area contributed by atoms with Crippen molar-refractivity contribution in [2.75, 3.05) is 0 Å². The summed E-state index contributed by atoms with van der Waals surface area (Å²) in [4.78, 5) is 17.0. The summed E-state index contributed by atoms with van der Waals surface area (Å²) in [6.45, 7) is 4.02. The highest BCUT2D eigenvalue weighted by molar-refractivity contribution is 6.15. The van der Waals surface area contributed by atoms with Crippen molar-refractivity contribution in [3.05, 3.63) is 77.0 Å². The zero-order valence-corrected chi connectivity index (χ0v) is 11.6. The molecule has 3 rings (SSSR count). The maximum absolute atomic E-state index is 12.7. The number of nitrogens with zero attached hydrogens (tertiary/aromatic N) is 1. The lowest BCUT2D eigenvalue weighted by Gasteiger charge is -2.07. The topological polar surface area (TPSA) is 30.0 Å². The number of benzene rings is 2. The van der Waals surface area contributed by atoms with E-state index in [1.807, 2.05) is 50.2 Å². The first-order chi connectivity index (χ1) is 9.65. The summed E-state index contributed by atoms with van der Waals surface area (Å²) in [6.07, 6.45) is 1.69. The number of aromatic nitrogens is 1. The van der Waals surface area contributed by atoms with Crippen LogP contribution < -0.4 is 0 Å². The van der Waals surface area contributed by atoms with Gasteiger partial charge in [0.05, 0.1) is 5.52 Å². The van der Waals surface area contributed by atoms with Gasteiger partial charge in [-0.25, -0.2) is 0 Å². The molecule has 2 aromatic carbocycles. The largest absolute Gasteiger partial charge is 0.289 e. The van der Waals surface area contributed by atoms with Gasteiger partial charge in [0, 0.05) is 22.7 Å². The number of carbonyl (C=O) groups excluding carboxylic acids is 1. The smallest absolute Gasteiger partial charge is 0.193 e. The molecule has 0 amide bonds. The van der Waals surface area contributed by atoms with Crippen LogP contribution in [0.25, 0.3) is 10.9 Å². The van der Waals surface area contributed by atoms with E-state index in [2.05, 4.69) is 11.1 Å². The standard InChI is InChI=1S/C18H15NO/c1-12-9-13(2)11-14(10-12)18(20)16-7-8-19-17-6-4-3-5-15(16)17/h3-11H,1-2H3. The van der Waals surface area contributed by atoms with Gasteiger partial charge in [-0.1, -0.05) is 35.4 Å². The molecular weight excluding hydrogens is 246 g/mol. The molecule has 0 N–H and O–H groups in total. The first-order valence-corrected chi connectivity index (χ1v) is 6.62.